The Morgan fingerprint density at radius 2 is 1.95 bits per heavy atom. The molecular weight excluding hydrogens is 285 g/mol. The van der Waals surface area contributed by atoms with E-state index >= 15 is 0 Å². The number of nitrogens with one attached hydrogen (secondary N) is 1. The zero-order chi connectivity index (χ0) is 13.8. The van der Waals surface area contributed by atoms with Crippen LogP contribution < -0.4 is 10.1 Å². The van der Waals surface area contributed by atoms with E-state index in [1.807, 2.05) is 6.07 Å². The lowest BCUT2D eigenvalue weighted by molar-refractivity contribution is 0.415. The van der Waals surface area contributed by atoms with Crippen LogP contribution in [0.3, 0.4) is 0 Å². The molecule has 3 nitrogen and oxygen atoms in total. The number of methoxy groups -OCH3 is 1. The van der Waals surface area contributed by atoms with E-state index in [9.17, 15) is 5.11 Å². The Bertz CT molecular complexity index is 588. The topological polar surface area (TPSA) is 41.5 Å². The van der Waals surface area contributed by atoms with Gasteiger partial charge in [-0.25, -0.2) is 0 Å². The monoisotopic (exact) mass is 297 g/mol. The Morgan fingerprint density at radius 3 is 2.68 bits per heavy atom. The van der Waals surface area contributed by atoms with Gasteiger partial charge in [-0.05, 0) is 30.3 Å². The highest BCUT2D eigenvalue weighted by Gasteiger charge is 2.04. The van der Waals surface area contributed by atoms with E-state index in [1.165, 1.54) is 0 Å². The van der Waals surface area contributed by atoms with Crippen LogP contribution in [0.2, 0.25) is 10.0 Å². The maximum Gasteiger partial charge on any atom is 0.139 e. The minimum absolute atomic E-state index is 0.206. The first kappa shape index (κ1) is 13.8. The van der Waals surface area contributed by atoms with Crippen molar-refractivity contribution in [2.75, 3.05) is 12.4 Å². The number of hydrogen-bond acceptors (Lipinski definition) is 3. The second kappa shape index (κ2) is 6.04. The predicted octanol–water partition coefficient (Wildman–Crippen LogP) is 4.32. The summed E-state index contributed by atoms with van der Waals surface area (Å²) >= 11 is 11.8. The lowest BCUT2D eigenvalue weighted by Crippen LogP contribution is -2.00. The maximum atomic E-state index is 9.71. The van der Waals surface area contributed by atoms with Crippen LogP contribution in [0.25, 0.3) is 0 Å². The van der Waals surface area contributed by atoms with Crippen molar-refractivity contribution in [1.29, 1.82) is 0 Å². The first-order valence-electron chi connectivity index (χ1n) is 5.65. The molecule has 0 bridgehead atoms. The van der Waals surface area contributed by atoms with Crippen LogP contribution >= 0.6 is 23.2 Å². The molecule has 0 saturated heterocycles. The normalized spacial score (nSPS) is 10.3. The molecule has 5 heteroatoms. The number of halogens is 2. The molecule has 2 aromatic rings. The van der Waals surface area contributed by atoms with Crippen molar-refractivity contribution in [3.05, 3.63) is 52.0 Å². The summed E-state index contributed by atoms with van der Waals surface area (Å²) in [7, 11) is 1.56. The maximum absolute atomic E-state index is 9.71. The minimum atomic E-state index is 0.206. The van der Waals surface area contributed by atoms with Crippen LogP contribution in [0.4, 0.5) is 5.69 Å². The van der Waals surface area contributed by atoms with Crippen molar-refractivity contribution < 1.29 is 9.84 Å². The van der Waals surface area contributed by atoms with Gasteiger partial charge >= 0.3 is 0 Å². The lowest BCUT2D eigenvalue weighted by atomic mass is 10.2. The highest BCUT2D eigenvalue weighted by Crippen LogP contribution is 2.28. The smallest absolute Gasteiger partial charge is 0.139 e. The van der Waals surface area contributed by atoms with Crippen molar-refractivity contribution in [2.24, 2.45) is 0 Å². The minimum Gasteiger partial charge on any atom is -0.508 e. The highest BCUT2D eigenvalue weighted by molar-refractivity contribution is 6.32. The van der Waals surface area contributed by atoms with Gasteiger partial charge in [-0.1, -0.05) is 23.2 Å². The average Bonchev–Trinajstić information content (AvgIpc) is 2.41. The van der Waals surface area contributed by atoms with Gasteiger partial charge in [0.1, 0.15) is 11.5 Å². The van der Waals surface area contributed by atoms with E-state index in [-0.39, 0.29) is 5.75 Å². The van der Waals surface area contributed by atoms with E-state index in [1.54, 1.807) is 37.4 Å². The average molecular weight is 298 g/mol. The summed E-state index contributed by atoms with van der Waals surface area (Å²) in [5.41, 5.74) is 1.57. The van der Waals surface area contributed by atoms with E-state index < -0.39 is 0 Å². The molecule has 19 heavy (non-hydrogen) atoms. The Kier molecular flexibility index (Phi) is 4.40. The fraction of sp³-hybridized carbons (Fsp3) is 0.143. The quantitative estimate of drug-likeness (QED) is 0.883. The van der Waals surface area contributed by atoms with Gasteiger partial charge in [-0.15, -0.1) is 0 Å². The summed E-state index contributed by atoms with van der Waals surface area (Å²) in [4.78, 5) is 0. The van der Waals surface area contributed by atoms with Crippen molar-refractivity contribution in [3.63, 3.8) is 0 Å². The number of benzene rings is 2. The summed E-state index contributed by atoms with van der Waals surface area (Å²) in [5.74, 6) is 0.805. The molecule has 0 fully saturated rings. The number of anilines is 1. The summed E-state index contributed by atoms with van der Waals surface area (Å²) in [6, 6.07) is 10.3. The van der Waals surface area contributed by atoms with Gasteiger partial charge in [-0.3, -0.25) is 0 Å². The number of hydrogen-bond donors (Lipinski definition) is 2. The Balaban J connectivity index is 2.12. The first-order chi connectivity index (χ1) is 9.10. The summed E-state index contributed by atoms with van der Waals surface area (Å²) in [5, 5.41) is 14.0. The number of phenols is 1. The van der Waals surface area contributed by atoms with Crippen LogP contribution in [0.5, 0.6) is 11.5 Å². The van der Waals surface area contributed by atoms with Crippen molar-refractivity contribution in [3.8, 4) is 11.5 Å². The third-order valence-corrected chi connectivity index (χ3v) is 3.22. The van der Waals surface area contributed by atoms with Gasteiger partial charge in [0.15, 0.2) is 0 Å². The van der Waals surface area contributed by atoms with Crippen LogP contribution in [0, 0.1) is 0 Å². The third kappa shape index (κ3) is 3.46. The number of rotatable bonds is 4. The van der Waals surface area contributed by atoms with Crippen molar-refractivity contribution >= 4 is 28.9 Å². The van der Waals surface area contributed by atoms with Crippen molar-refractivity contribution in [1.82, 2.24) is 0 Å². The fourth-order valence-corrected chi connectivity index (χ4v) is 2.05. The number of ether oxygens (including phenoxy) is 1. The molecule has 0 heterocycles. The largest absolute Gasteiger partial charge is 0.508 e. The molecule has 100 valence electrons. The Labute approximate surface area is 121 Å². The molecule has 0 saturated carbocycles. The third-order valence-electron chi connectivity index (χ3n) is 2.68. The Hall–Kier alpha value is -1.58. The van der Waals surface area contributed by atoms with E-state index in [4.69, 9.17) is 27.9 Å². The van der Waals surface area contributed by atoms with Crippen LogP contribution in [-0.2, 0) is 6.54 Å². The van der Waals surface area contributed by atoms with E-state index in [2.05, 4.69) is 5.32 Å². The van der Waals surface area contributed by atoms with E-state index in [0.29, 0.717) is 22.3 Å². The highest BCUT2D eigenvalue weighted by atomic mass is 35.5. The van der Waals surface area contributed by atoms with Crippen LogP contribution in [-0.4, -0.2) is 12.2 Å². The van der Waals surface area contributed by atoms with Crippen LogP contribution in [0.1, 0.15) is 5.56 Å². The van der Waals surface area contributed by atoms with Gasteiger partial charge < -0.3 is 15.2 Å². The molecule has 0 unspecified atom stereocenters. The van der Waals surface area contributed by atoms with Crippen molar-refractivity contribution in [2.45, 2.75) is 6.54 Å². The molecule has 0 aliphatic heterocycles. The molecule has 0 amide bonds. The van der Waals surface area contributed by atoms with Crippen LogP contribution in [0.15, 0.2) is 36.4 Å². The molecule has 2 N–H and O–H groups in total. The summed E-state index contributed by atoms with van der Waals surface area (Å²) in [6.45, 7) is 0.456. The zero-order valence-corrected chi connectivity index (χ0v) is 11.8. The second-order valence-corrected chi connectivity index (χ2v) is 4.82. The standard InChI is InChI=1S/C14H13Cl2NO2/c1-19-14-7-11(3-4-12(14)16)17-8-9-6-10(15)2-5-13(9)18/h2-7,17-18H,8H2,1H3. The predicted molar refractivity (Wildman–Crippen MR) is 78.4 cm³/mol. The lowest BCUT2D eigenvalue weighted by Gasteiger charge is -2.10. The molecular formula is C14H13Cl2NO2. The van der Waals surface area contributed by atoms with Gasteiger partial charge in [0.2, 0.25) is 0 Å². The molecule has 2 rings (SSSR count). The first-order valence-corrected chi connectivity index (χ1v) is 6.40. The SMILES string of the molecule is COc1cc(NCc2cc(Cl)ccc2O)ccc1Cl. The summed E-state index contributed by atoms with van der Waals surface area (Å²) in [6.07, 6.45) is 0. The van der Waals surface area contributed by atoms with E-state index in [0.717, 1.165) is 11.3 Å². The second-order valence-electron chi connectivity index (χ2n) is 3.98. The molecule has 0 aliphatic carbocycles. The fourth-order valence-electron chi connectivity index (χ4n) is 1.66. The Morgan fingerprint density at radius 1 is 1.16 bits per heavy atom. The van der Waals surface area contributed by atoms with Gasteiger partial charge in [0.25, 0.3) is 0 Å². The summed E-state index contributed by atoms with van der Waals surface area (Å²) < 4.78 is 5.14. The molecule has 0 atom stereocenters. The molecule has 0 spiro atoms. The molecule has 2 aromatic carbocycles. The van der Waals surface area contributed by atoms with Gasteiger partial charge in [0.05, 0.1) is 12.1 Å². The number of aromatic hydroxyl groups is 1. The van der Waals surface area contributed by atoms with Gasteiger partial charge in [0, 0.05) is 28.9 Å². The molecule has 0 radical (unpaired) electrons. The van der Waals surface area contributed by atoms with Gasteiger partial charge in [-0.2, -0.15) is 0 Å². The molecule has 0 aromatic heterocycles. The molecule has 0 aliphatic rings. The number of phenolic OH excluding ortho intramolecular Hbond substituents is 1. The zero-order valence-electron chi connectivity index (χ0n) is 10.3.